The Balaban J connectivity index is 1.95. The predicted molar refractivity (Wildman–Crippen MR) is 37.4 cm³/mol. The van der Waals surface area contributed by atoms with Gasteiger partial charge in [-0.15, -0.1) is 0 Å². The summed E-state index contributed by atoms with van der Waals surface area (Å²) in [6.45, 7) is 0. The Kier molecular flexibility index (Phi) is 0.781. The summed E-state index contributed by atoms with van der Waals surface area (Å²) in [5, 5.41) is 0. The standard InChI is InChI=1S/C9H12O/c10-8-4-7-5-1-2-6(3-5)9(7)8/h5-7,9H,1-4H2/t5-,6-,7+,9+/m0/s1. The molecule has 3 rings (SSSR count). The first-order chi connectivity index (χ1) is 4.86. The summed E-state index contributed by atoms with van der Waals surface area (Å²) in [6.07, 6.45) is 5.11. The number of fused-ring (bicyclic) bond motifs is 5. The molecule has 3 saturated carbocycles. The van der Waals surface area contributed by atoms with Gasteiger partial charge in [-0.05, 0) is 37.0 Å². The Bertz CT molecular complexity index is 195. The van der Waals surface area contributed by atoms with Gasteiger partial charge in [-0.2, -0.15) is 0 Å². The minimum atomic E-state index is 0.554. The summed E-state index contributed by atoms with van der Waals surface area (Å²) in [4.78, 5) is 11.1. The Labute approximate surface area is 60.8 Å². The second kappa shape index (κ2) is 1.46. The van der Waals surface area contributed by atoms with Crippen LogP contribution in [-0.2, 0) is 4.79 Å². The van der Waals surface area contributed by atoms with Crippen LogP contribution in [0.3, 0.4) is 0 Å². The lowest BCUT2D eigenvalue weighted by Gasteiger charge is -2.38. The van der Waals surface area contributed by atoms with Gasteiger partial charge in [-0.3, -0.25) is 4.79 Å². The van der Waals surface area contributed by atoms with Crippen LogP contribution in [0.2, 0.25) is 0 Å². The third kappa shape index (κ3) is 0.415. The fourth-order valence-electron chi connectivity index (χ4n) is 3.41. The molecule has 0 aromatic heterocycles. The van der Waals surface area contributed by atoms with Crippen LogP contribution >= 0.6 is 0 Å². The van der Waals surface area contributed by atoms with Crippen LogP contribution in [-0.4, -0.2) is 5.78 Å². The summed E-state index contributed by atoms with van der Waals surface area (Å²) in [7, 11) is 0. The Morgan fingerprint density at radius 3 is 2.60 bits per heavy atom. The second-order valence-corrected chi connectivity index (χ2v) is 4.19. The average molecular weight is 136 g/mol. The fourth-order valence-corrected chi connectivity index (χ4v) is 3.41. The van der Waals surface area contributed by atoms with Crippen molar-refractivity contribution in [1.29, 1.82) is 0 Å². The van der Waals surface area contributed by atoms with E-state index in [1.54, 1.807) is 0 Å². The molecule has 0 heterocycles. The van der Waals surface area contributed by atoms with Gasteiger partial charge < -0.3 is 0 Å². The van der Waals surface area contributed by atoms with Gasteiger partial charge >= 0.3 is 0 Å². The van der Waals surface area contributed by atoms with E-state index in [9.17, 15) is 4.79 Å². The Morgan fingerprint density at radius 2 is 2.00 bits per heavy atom. The maximum absolute atomic E-state index is 11.1. The summed E-state index contributed by atoms with van der Waals surface area (Å²) in [6, 6.07) is 0. The molecule has 0 aliphatic heterocycles. The van der Waals surface area contributed by atoms with E-state index in [0.29, 0.717) is 11.7 Å². The third-order valence-electron chi connectivity index (χ3n) is 3.90. The normalized spacial score (nSPS) is 56.6. The summed E-state index contributed by atoms with van der Waals surface area (Å²) < 4.78 is 0. The summed E-state index contributed by atoms with van der Waals surface area (Å²) in [5.74, 6) is 3.78. The van der Waals surface area contributed by atoms with Crippen LogP contribution in [0.5, 0.6) is 0 Å². The SMILES string of the molecule is O=C1C[C@@H]2[C@H]3CC[C@@H](C3)[C@@H]12. The van der Waals surface area contributed by atoms with E-state index in [4.69, 9.17) is 0 Å². The fraction of sp³-hybridized carbons (Fsp3) is 0.889. The molecular formula is C9H12O. The summed E-state index contributed by atoms with van der Waals surface area (Å²) >= 11 is 0. The van der Waals surface area contributed by atoms with Crippen LogP contribution in [0.1, 0.15) is 25.7 Å². The van der Waals surface area contributed by atoms with E-state index in [1.807, 2.05) is 0 Å². The van der Waals surface area contributed by atoms with Crippen molar-refractivity contribution in [3.8, 4) is 0 Å². The number of ketones is 1. The zero-order valence-electron chi connectivity index (χ0n) is 6.05. The maximum Gasteiger partial charge on any atom is 0.136 e. The number of carbonyl (C=O) groups is 1. The van der Waals surface area contributed by atoms with Crippen LogP contribution < -0.4 is 0 Å². The molecule has 54 valence electrons. The molecule has 0 aromatic rings. The number of Topliss-reactive ketones (excluding diaryl/α,β-unsaturated/α-hetero) is 1. The molecule has 2 bridgehead atoms. The van der Waals surface area contributed by atoms with Gasteiger partial charge in [0, 0.05) is 12.3 Å². The lowest BCUT2D eigenvalue weighted by molar-refractivity contribution is -0.136. The average Bonchev–Trinajstić information content (AvgIpc) is 2.40. The van der Waals surface area contributed by atoms with Crippen molar-refractivity contribution in [1.82, 2.24) is 0 Å². The van der Waals surface area contributed by atoms with E-state index in [2.05, 4.69) is 0 Å². The van der Waals surface area contributed by atoms with Crippen molar-refractivity contribution in [3.63, 3.8) is 0 Å². The van der Waals surface area contributed by atoms with Gasteiger partial charge in [-0.25, -0.2) is 0 Å². The summed E-state index contributed by atoms with van der Waals surface area (Å²) in [5.41, 5.74) is 0. The van der Waals surface area contributed by atoms with E-state index in [1.165, 1.54) is 19.3 Å². The van der Waals surface area contributed by atoms with Crippen molar-refractivity contribution in [2.75, 3.05) is 0 Å². The van der Waals surface area contributed by atoms with E-state index in [-0.39, 0.29) is 0 Å². The first-order valence-corrected chi connectivity index (χ1v) is 4.39. The maximum atomic E-state index is 11.1. The monoisotopic (exact) mass is 136 g/mol. The van der Waals surface area contributed by atoms with Gasteiger partial charge in [0.2, 0.25) is 0 Å². The topological polar surface area (TPSA) is 17.1 Å². The number of hydrogen-bond acceptors (Lipinski definition) is 1. The van der Waals surface area contributed by atoms with Gasteiger partial charge in [-0.1, -0.05) is 0 Å². The molecule has 0 saturated heterocycles. The third-order valence-corrected chi connectivity index (χ3v) is 3.90. The minimum Gasteiger partial charge on any atom is -0.299 e. The number of hydrogen-bond donors (Lipinski definition) is 0. The van der Waals surface area contributed by atoms with Crippen molar-refractivity contribution in [2.45, 2.75) is 25.7 Å². The van der Waals surface area contributed by atoms with Gasteiger partial charge in [0.15, 0.2) is 0 Å². The van der Waals surface area contributed by atoms with E-state index < -0.39 is 0 Å². The molecule has 0 radical (unpaired) electrons. The van der Waals surface area contributed by atoms with Crippen LogP contribution in [0.4, 0.5) is 0 Å². The number of rotatable bonds is 0. The smallest absolute Gasteiger partial charge is 0.136 e. The number of carbonyl (C=O) groups excluding carboxylic acids is 1. The van der Waals surface area contributed by atoms with Crippen molar-refractivity contribution in [2.24, 2.45) is 23.7 Å². The second-order valence-electron chi connectivity index (χ2n) is 4.19. The molecule has 0 spiro atoms. The van der Waals surface area contributed by atoms with Crippen LogP contribution in [0, 0.1) is 23.7 Å². The largest absolute Gasteiger partial charge is 0.299 e. The quantitative estimate of drug-likeness (QED) is 0.494. The molecule has 0 unspecified atom stereocenters. The minimum absolute atomic E-state index is 0.554. The Hall–Kier alpha value is -0.330. The van der Waals surface area contributed by atoms with Crippen molar-refractivity contribution >= 4 is 5.78 Å². The molecule has 3 aliphatic carbocycles. The zero-order chi connectivity index (χ0) is 6.72. The zero-order valence-corrected chi connectivity index (χ0v) is 6.05. The first kappa shape index (κ1) is 5.34. The predicted octanol–water partition coefficient (Wildman–Crippen LogP) is 1.62. The molecule has 3 aliphatic rings. The van der Waals surface area contributed by atoms with Crippen molar-refractivity contribution < 1.29 is 4.79 Å². The highest BCUT2D eigenvalue weighted by Gasteiger charge is 2.56. The molecule has 1 heteroatoms. The highest BCUT2D eigenvalue weighted by molar-refractivity contribution is 5.88. The molecule has 0 aromatic carbocycles. The van der Waals surface area contributed by atoms with Gasteiger partial charge in [0.1, 0.15) is 5.78 Å². The molecule has 1 nitrogen and oxygen atoms in total. The highest BCUT2D eigenvalue weighted by Crippen LogP contribution is 2.59. The Morgan fingerprint density at radius 1 is 1.20 bits per heavy atom. The molecule has 0 N–H and O–H groups in total. The van der Waals surface area contributed by atoms with Gasteiger partial charge in [0.25, 0.3) is 0 Å². The van der Waals surface area contributed by atoms with Gasteiger partial charge in [0.05, 0.1) is 0 Å². The van der Waals surface area contributed by atoms with Crippen LogP contribution in [0.25, 0.3) is 0 Å². The molecular weight excluding hydrogens is 124 g/mol. The first-order valence-electron chi connectivity index (χ1n) is 4.39. The molecule has 10 heavy (non-hydrogen) atoms. The van der Waals surface area contributed by atoms with Crippen molar-refractivity contribution in [3.05, 3.63) is 0 Å². The lowest BCUT2D eigenvalue weighted by Crippen LogP contribution is -2.41. The molecule has 0 amide bonds. The van der Waals surface area contributed by atoms with E-state index >= 15 is 0 Å². The lowest BCUT2D eigenvalue weighted by atomic mass is 9.65. The highest BCUT2D eigenvalue weighted by atomic mass is 16.1. The molecule has 4 atom stereocenters. The molecule has 3 fully saturated rings. The van der Waals surface area contributed by atoms with Crippen LogP contribution in [0.15, 0.2) is 0 Å². The van der Waals surface area contributed by atoms with E-state index in [0.717, 1.165) is 24.2 Å².